The third kappa shape index (κ3) is 4.28. The van der Waals surface area contributed by atoms with E-state index in [9.17, 15) is 13.2 Å². The summed E-state index contributed by atoms with van der Waals surface area (Å²) < 4.78 is 23.2. The minimum absolute atomic E-state index is 0.0411. The van der Waals surface area contributed by atoms with Gasteiger partial charge in [-0.15, -0.1) is 0 Å². The molecule has 1 saturated heterocycles. The molecule has 1 N–H and O–H groups in total. The number of sulfone groups is 1. The van der Waals surface area contributed by atoms with Gasteiger partial charge in [-0.2, -0.15) is 0 Å². The Morgan fingerprint density at radius 3 is 2.48 bits per heavy atom. The predicted molar refractivity (Wildman–Crippen MR) is 84.4 cm³/mol. The topological polar surface area (TPSA) is 66.5 Å². The molecule has 2 rings (SSSR count). The van der Waals surface area contributed by atoms with E-state index in [4.69, 9.17) is 0 Å². The van der Waals surface area contributed by atoms with E-state index in [2.05, 4.69) is 11.4 Å². The first-order valence-electron chi connectivity index (χ1n) is 7.05. The molecule has 0 saturated carbocycles. The van der Waals surface area contributed by atoms with Crippen molar-refractivity contribution >= 4 is 21.4 Å². The number of carbonyl (C=O) groups excluding carboxylic acids is 1. The highest BCUT2D eigenvalue weighted by atomic mass is 32.2. The van der Waals surface area contributed by atoms with Crippen LogP contribution < -0.4 is 10.2 Å². The van der Waals surface area contributed by atoms with Crippen LogP contribution in [-0.2, 0) is 14.6 Å². The van der Waals surface area contributed by atoms with Crippen LogP contribution in [0, 0.1) is 13.8 Å². The van der Waals surface area contributed by atoms with Crippen molar-refractivity contribution in [3.63, 3.8) is 0 Å². The highest BCUT2D eigenvalue weighted by Gasteiger charge is 2.27. The summed E-state index contributed by atoms with van der Waals surface area (Å²) in [6.07, 6.45) is 0.197. The molecule has 1 heterocycles. The molecular weight excluding hydrogens is 288 g/mol. The zero-order chi connectivity index (χ0) is 15.6. The Hall–Kier alpha value is -1.40. The fourth-order valence-corrected chi connectivity index (χ4v) is 4.08. The third-order valence-electron chi connectivity index (χ3n) is 3.69. The molecule has 1 amide bonds. The maximum atomic E-state index is 12.3. The molecule has 1 aliphatic rings. The van der Waals surface area contributed by atoms with Crippen LogP contribution in [0.15, 0.2) is 18.2 Å². The molecule has 0 aliphatic carbocycles. The summed E-state index contributed by atoms with van der Waals surface area (Å²) in [6.45, 7) is 4.40. The van der Waals surface area contributed by atoms with Gasteiger partial charge in [-0.25, -0.2) is 8.42 Å². The monoisotopic (exact) mass is 310 g/mol. The Bertz CT molecular complexity index is 620. The second-order valence-electron chi connectivity index (χ2n) is 5.77. The summed E-state index contributed by atoms with van der Waals surface area (Å²) in [5.74, 6) is 0.124. The van der Waals surface area contributed by atoms with E-state index in [-0.39, 0.29) is 29.9 Å². The van der Waals surface area contributed by atoms with Crippen molar-refractivity contribution in [2.75, 3.05) is 30.0 Å². The van der Waals surface area contributed by atoms with E-state index in [1.54, 1.807) is 11.9 Å². The SMILES string of the molecule is Cc1cc(C)cc(N(C)C(=O)CC2CS(=O)(=O)CCN2)c1. The zero-order valence-corrected chi connectivity index (χ0v) is 13.5. The Labute approximate surface area is 126 Å². The van der Waals surface area contributed by atoms with E-state index in [1.807, 2.05) is 26.0 Å². The maximum Gasteiger partial charge on any atom is 0.228 e. The Balaban J connectivity index is 2.05. The smallest absolute Gasteiger partial charge is 0.228 e. The number of amides is 1. The maximum absolute atomic E-state index is 12.3. The Kier molecular flexibility index (Phi) is 4.68. The van der Waals surface area contributed by atoms with Crippen LogP contribution in [0.1, 0.15) is 17.5 Å². The summed E-state index contributed by atoms with van der Waals surface area (Å²) in [4.78, 5) is 13.9. The molecule has 1 aromatic rings. The molecule has 0 aromatic heterocycles. The molecular formula is C15H22N2O3S. The van der Waals surface area contributed by atoms with Crippen molar-refractivity contribution in [1.82, 2.24) is 5.32 Å². The van der Waals surface area contributed by atoms with Gasteiger partial charge in [0.25, 0.3) is 0 Å². The van der Waals surface area contributed by atoms with Crippen molar-refractivity contribution in [2.45, 2.75) is 26.3 Å². The first kappa shape index (κ1) is 16.0. The molecule has 0 radical (unpaired) electrons. The minimum atomic E-state index is -3.01. The number of nitrogens with one attached hydrogen (secondary N) is 1. The summed E-state index contributed by atoms with van der Waals surface area (Å²) in [6, 6.07) is 5.67. The van der Waals surface area contributed by atoms with Crippen LogP contribution in [0.25, 0.3) is 0 Å². The number of carbonyl (C=O) groups is 1. The van der Waals surface area contributed by atoms with Crippen LogP contribution in [0.5, 0.6) is 0 Å². The van der Waals surface area contributed by atoms with Gasteiger partial charge >= 0.3 is 0 Å². The van der Waals surface area contributed by atoms with Crippen LogP contribution in [-0.4, -0.2) is 45.5 Å². The molecule has 1 fully saturated rings. The average molecular weight is 310 g/mol. The normalized spacial score (nSPS) is 21.0. The van der Waals surface area contributed by atoms with Crippen molar-refractivity contribution in [1.29, 1.82) is 0 Å². The molecule has 5 nitrogen and oxygen atoms in total. The highest BCUT2D eigenvalue weighted by molar-refractivity contribution is 7.91. The first-order chi connectivity index (χ1) is 9.77. The van der Waals surface area contributed by atoms with Crippen LogP contribution in [0.4, 0.5) is 5.69 Å². The number of aryl methyl sites for hydroxylation is 2. The second-order valence-corrected chi connectivity index (χ2v) is 8.00. The Morgan fingerprint density at radius 2 is 1.90 bits per heavy atom. The molecule has 6 heteroatoms. The fourth-order valence-electron chi connectivity index (χ4n) is 2.63. The predicted octanol–water partition coefficient (Wildman–Crippen LogP) is 1.04. The number of benzene rings is 1. The largest absolute Gasteiger partial charge is 0.315 e. The Morgan fingerprint density at radius 1 is 1.29 bits per heavy atom. The quantitative estimate of drug-likeness (QED) is 0.906. The van der Waals surface area contributed by atoms with Gasteiger partial charge in [-0.1, -0.05) is 6.07 Å². The van der Waals surface area contributed by atoms with E-state index < -0.39 is 9.84 Å². The lowest BCUT2D eigenvalue weighted by Gasteiger charge is -2.26. The lowest BCUT2D eigenvalue weighted by atomic mass is 10.1. The second kappa shape index (κ2) is 6.15. The van der Waals surface area contributed by atoms with Crippen molar-refractivity contribution in [2.24, 2.45) is 0 Å². The van der Waals surface area contributed by atoms with Gasteiger partial charge < -0.3 is 10.2 Å². The van der Waals surface area contributed by atoms with E-state index >= 15 is 0 Å². The molecule has 0 spiro atoms. The average Bonchev–Trinajstić information content (AvgIpc) is 2.35. The van der Waals surface area contributed by atoms with Gasteiger partial charge in [0.05, 0.1) is 11.5 Å². The summed E-state index contributed by atoms with van der Waals surface area (Å²) in [5.41, 5.74) is 3.04. The highest BCUT2D eigenvalue weighted by Crippen LogP contribution is 2.19. The molecule has 0 bridgehead atoms. The molecule has 1 aliphatic heterocycles. The summed E-state index contributed by atoms with van der Waals surface area (Å²) >= 11 is 0. The van der Waals surface area contributed by atoms with Gasteiger partial charge in [-0.3, -0.25) is 4.79 Å². The number of hydrogen-bond donors (Lipinski definition) is 1. The number of anilines is 1. The zero-order valence-electron chi connectivity index (χ0n) is 12.7. The number of rotatable bonds is 3. The van der Waals surface area contributed by atoms with Gasteiger partial charge in [0.1, 0.15) is 0 Å². The standard InChI is InChI=1S/C15H22N2O3S/c1-11-6-12(2)8-14(7-11)17(3)15(18)9-13-10-21(19,20)5-4-16-13/h6-8,13,16H,4-5,9-10H2,1-3H3. The van der Waals surface area contributed by atoms with Crippen molar-refractivity contribution < 1.29 is 13.2 Å². The van der Waals surface area contributed by atoms with E-state index in [1.165, 1.54) is 0 Å². The molecule has 116 valence electrons. The van der Waals surface area contributed by atoms with Gasteiger partial charge in [0.15, 0.2) is 9.84 Å². The van der Waals surface area contributed by atoms with Gasteiger partial charge in [0.2, 0.25) is 5.91 Å². The van der Waals surface area contributed by atoms with Crippen LogP contribution in [0.2, 0.25) is 0 Å². The third-order valence-corrected chi connectivity index (χ3v) is 5.43. The summed E-state index contributed by atoms with van der Waals surface area (Å²) in [5, 5.41) is 3.11. The molecule has 1 unspecified atom stereocenters. The molecule has 1 aromatic carbocycles. The van der Waals surface area contributed by atoms with Crippen LogP contribution in [0.3, 0.4) is 0 Å². The number of nitrogens with zero attached hydrogens (tertiary/aromatic N) is 1. The lowest BCUT2D eigenvalue weighted by Crippen LogP contribution is -2.47. The van der Waals surface area contributed by atoms with Crippen molar-refractivity contribution in [3.05, 3.63) is 29.3 Å². The van der Waals surface area contributed by atoms with E-state index in [0.29, 0.717) is 6.54 Å². The first-order valence-corrected chi connectivity index (χ1v) is 8.87. The lowest BCUT2D eigenvalue weighted by molar-refractivity contribution is -0.118. The van der Waals surface area contributed by atoms with E-state index in [0.717, 1.165) is 16.8 Å². The van der Waals surface area contributed by atoms with Gasteiger partial charge in [-0.05, 0) is 37.1 Å². The molecule has 21 heavy (non-hydrogen) atoms. The van der Waals surface area contributed by atoms with Gasteiger partial charge in [0, 0.05) is 31.7 Å². The fraction of sp³-hybridized carbons (Fsp3) is 0.533. The number of hydrogen-bond acceptors (Lipinski definition) is 4. The molecule has 1 atom stereocenters. The van der Waals surface area contributed by atoms with Crippen molar-refractivity contribution in [3.8, 4) is 0 Å². The van der Waals surface area contributed by atoms with Crippen LogP contribution >= 0.6 is 0 Å². The summed E-state index contributed by atoms with van der Waals surface area (Å²) in [7, 11) is -1.28. The minimum Gasteiger partial charge on any atom is -0.315 e.